The highest BCUT2D eigenvalue weighted by Crippen LogP contribution is 2.29. The lowest BCUT2D eigenvalue weighted by Crippen LogP contribution is -2.08. The molecule has 0 spiro atoms. The lowest BCUT2D eigenvalue weighted by molar-refractivity contribution is -0.141. The summed E-state index contributed by atoms with van der Waals surface area (Å²) in [6.07, 6.45) is -3.35. The monoisotopic (exact) mass is 358 g/mol. The van der Waals surface area contributed by atoms with E-state index in [0.29, 0.717) is 16.5 Å². The number of fused-ring (bicyclic) bond motifs is 1. The zero-order chi connectivity index (χ0) is 18.3. The normalized spacial score (nSPS) is 11.8. The summed E-state index contributed by atoms with van der Waals surface area (Å²) in [6, 6.07) is 13.4. The van der Waals surface area contributed by atoms with E-state index in [1.54, 1.807) is 24.3 Å². The molecule has 0 radical (unpaired) electrons. The van der Waals surface area contributed by atoms with Crippen LogP contribution in [-0.4, -0.2) is 19.7 Å². The van der Waals surface area contributed by atoms with Crippen LogP contribution in [0.3, 0.4) is 0 Å². The number of alkyl halides is 3. The van der Waals surface area contributed by atoms with Gasteiger partial charge in [-0.2, -0.15) is 18.3 Å². The first-order valence-corrected chi connectivity index (χ1v) is 7.58. The molecular formula is C18H10F4N4. The molecule has 26 heavy (non-hydrogen) atoms. The molecular weight excluding hydrogens is 348 g/mol. The molecule has 0 bridgehead atoms. The summed E-state index contributed by atoms with van der Waals surface area (Å²) in [5.74, 6) is 0.0739. The van der Waals surface area contributed by atoms with Gasteiger partial charge in [-0.15, -0.1) is 0 Å². The number of rotatable bonds is 2. The van der Waals surface area contributed by atoms with Gasteiger partial charge in [0.05, 0.1) is 5.52 Å². The first-order valence-electron chi connectivity index (χ1n) is 7.58. The summed E-state index contributed by atoms with van der Waals surface area (Å²) in [5.41, 5.74) is 0.0750. The van der Waals surface area contributed by atoms with E-state index in [2.05, 4.69) is 15.1 Å². The molecule has 0 fully saturated rings. The number of hydrogen-bond acceptors (Lipinski definition) is 3. The van der Waals surface area contributed by atoms with E-state index in [9.17, 15) is 17.6 Å². The van der Waals surface area contributed by atoms with Crippen molar-refractivity contribution in [1.29, 1.82) is 0 Å². The minimum atomic E-state index is -4.55. The molecule has 0 unspecified atom stereocenters. The molecule has 4 nitrogen and oxygen atoms in total. The van der Waals surface area contributed by atoms with Crippen molar-refractivity contribution in [3.63, 3.8) is 0 Å². The molecule has 8 heteroatoms. The Morgan fingerprint density at radius 1 is 0.846 bits per heavy atom. The Morgan fingerprint density at radius 3 is 2.27 bits per heavy atom. The van der Waals surface area contributed by atoms with Crippen molar-refractivity contribution in [2.75, 3.05) is 0 Å². The maximum Gasteiger partial charge on any atom is 0.435 e. The molecule has 130 valence electrons. The Morgan fingerprint density at radius 2 is 1.58 bits per heavy atom. The molecule has 4 rings (SSSR count). The standard InChI is InChI=1S/C18H10F4N4/c19-12-7-5-11(6-8-12)16-23-14-4-2-1-3-13(14)17(24-16)26-10-9-15(25-26)18(20,21)22/h1-10H. The summed E-state index contributed by atoms with van der Waals surface area (Å²) < 4.78 is 52.8. The molecule has 4 aromatic rings. The van der Waals surface area contributed by atoms with Crippen LogP contribution in [0.1, 0.15) is 5.69 Å². The molecule has 2 heterocycles. The van der Waals surface area contributed by atoms with Crippen LogP contribution in [0.2, 0.25) is 0 Å². The van der Waals surface area contributed by atoms with Crippen LogP contribution in [0.25, 0.3) is 28.1 Å². The van der Waals surface area contributed by atoms with Gasteiger partial charge in [0.1, 0.15) is 5.82 Å². The van der Waals surface area contributed by atoms with Crippen LogP contribution in [-0.2, 0) is 6.18 Å². The van der Waals surface area contributed by atoms with Crippen LogP contribution < -0.4 is 0 Å². The maximum absolute atomic E-state index is 13.2. The average Bonchev–Trinajstić information content (AvgIpc) is 3.12. The smallest absolute Gasteiger partial charge is 0.228 e. The van der Waals surface area contributed by atoms with Crippen LogP contribution in [0.5, 0.6) is 0 Å². The molecule has 0 N–H and O–H groups in total. The largest absolute Gasteiger partial charge is 0.435 e. The highest BCUT2D eigenvalue weighted by molar-refractivity contribution is 5.86. The Labute approximate surface area is 144 Å². The molecule has 2 aromatic carbocycles. The summed E-state index contributed by atoms with van der Waals surface area (Å²) in [7, 11) is 0. The van der Waals surface area contributed by atoms with Gasteiger partial charge in [-0.1, -0.05) is 12.1 Å². The fourth-order valence-electron chi connectivity index (χ4n) is 2.56. The number of nitrogens with zero attached hydrogens (tertiary/aromatic N) is 4. The minimum Gasteiger partial charge on any atom is -0.228 e. The number of benzene rings is 2. The zero-order valence-electron chi connectivity index (χ0n) is 13.1. The van der Waals surface area contributed by atoms with Crippen LogP contribution in [0.15, 0.2) is 60.8 Å². The number of hydrogen-bond donors (Lipinski definition) is 0. The lowest BCUT2D eigenvalue weighted by atomic mass is 10.2. The molecule has 0 aliphatic rings. The highest BCUT2D eigenvalue weighted by atomic mass is 19.4. The Bertz CT molecular complexity index is 1080. The van der Waals surface area contributed by atoms with Crippen molar-refractivity contribution in [2.24, 2.45) is 0 Å². The second kappa shape index (κ2) is 5.91. The molecule has 0 aliphatic heterocycles. The van der Waals surface area contributed by atoms with Crippen LogP contribution in [0.4, 0.5) is 17.6 Å². The van der Waals surface area contributed by atoms with Gasteiger partial charge in [-0.05, 0) is 42.5 Å². The van der Waals surface area contributed by atoms with Gasteiger partial charge in [0, 0.05) is 17.1 Å². The van der Waals surface area contributed by atoms with Crippen molar-refractivity contribution in [3.8, 4) is 17.2 Å². The maximum atomic E-state index is 13.2. The number of para-hydroxylation sites is 1. The van der Waals surface area contributed by atoms with Gasteiger partial charge < -0.3 is 0 Å². The Kier molecular flexibility index (Phi) is 3.68. The first-order chi connectivity index (χ1) is 12.4. The number of halogens is 4. The summed E-state index contributed by atoms with van der Waals surface area (Å²) in [6.45, 7) is 0. The van der Waals surface area contributed by atoms with E-state index in [1.165, 1.54) is 30.5 Å². The van der Waals surface area contributed by atoms with E-state index >= 15 is 0 Å². The predicted molar refractivity (Wildman–Crippen MR) is 87.1 cm³/mol. The zero-order valence-corrected chi connectivity index (χ0v) is 13.1. The lowest BCUT2D eigenvalue weighted by Gasteiger charge is -2.09. The fraction of sp³-hybridized carbons (Fsp3) is 0.0556. The van der Waals surface area contributed by atoms with Gasteiger partial charge in [-0.3, -0.25) is 0 Å². The quantitative estimate of drug-likeness (QED) is 0.490. The van der Waals surface area contributed by atoms with Gasteiger partial charge in [0.25, 0.3) is 0 Å². The molecule has 0 amide bonds. The SMILES string of the molecule is Fc1ccc(-c2nc(-n3ccc(C(F)(F)F)n3)c3ccccc3n2)cc1. The van der Waals surface area contributed by atoms with E-state index in [-0.39, 0.29) is 11.6 Å². The molecule has 0 aliphatic carbocycles. The van der Waals surface area contributed by atoms with Gasteiger partial charge >= 0.3 is 6.18 Å². The number of aromatic nitrogens is 4. The minimum absolute atomic E-state index is 0.213. The summed E-state index contributed by atoms with van der Waals surface area (Å²) in [4.78, 5) is 8.79. The van der Waals surface area contributed by atoms with Gasteiger partial charge in [-0.25, -0.2) is 19.0 Å². The van der Waals surface area contributed by atoms with Crippen molar-refractivity contribution in [2.45, 2.75) is 6.18 Å². The second-order valence-electron chi connectivity index (χ2n) is 5.54. The third kappa shape index (κ3) is 2.90. The second-order valence-corrected chi connectivity index (χ2v) is 5.54. The molecule has 0 atom stereocenters. The van der Waals surface area contributed by atoms with Crippen molar-refractivity contribution in [3.05, 3.63) is 72.3 Å². The van der Waals surface area contributed by atoms with E-state index in [0.717, 1.165) is 10.7 Å². The summed E-state index contributed by atoms with van der Waals surface area (Å²) >= 11 is 0. The average molecular weight is 358 g/mol. The topological polar surface area (TPSA) is 43.6 Å². The van der Waals surface area contributed by atoms with Crippen LogP contribution in [0, 0.1) is 5.82 Å². The molecule has 2 aromatic heterocycles. The predicted octanol–water partition coefficient (Wildman–Crippen LogP) is 4.64. The third-order valence-corrected chi connectivity index (χ3v) is 3.78. The van der Waals surface area contributed by atoms with Crippen LogP contribution >= 0.6 is 0 Å². The van der Waals surface area contributed by atoms with E-state index in [1.807, 2.05) is 0 Å². The van der Waals surface area contributed by atoms with Gasteiger partial charge in [0.15, 0.2) is 17.3 Å². The summed E-state index contributed by atoms with van der Waals surface area (Å²) in [5, 5.41) is 4.14. The van der Waals surface area contributed by atoms with Crippen molar-refractivity contribution in [1.82, 2.24) is 19.7 Å². The highest BCUT2D eigenvalue weighted by Gasteiger charge is 2.33. The fourth-order valence-corrected chi connectivity index (χ4v) is 2.56. The van der Waals surface area contributed by atoms with Crippen molar-refractivity contribution < 1.29 is 17.6 Å². The molecule has 0 saturated carbocycles. The first kappa shape index (κ1) is 16.2. The van der Waals surface area contributed by atoms with Gasteiger partial charge in [0.2, 0.25) is 0 Å². The van der Waals surface area contributed by atoms with E-state index < -0.39 is 17.7 Å². The third-order valence-electron chi connectivity index (χ3n) is 3.78. The Hall–Kier alpha value is -3.29. The molecule has 0 saturated heterocycles. The van der Waals surface area contributed by atoms with E-state index in [4.69, 9.17) is 0 Å². The Balaban J connectivity index is 1.93. The van der Waals surface area contributed by atoms with Crippen molar-refractivity contribution >= 4 is 10.9 Å².